The van der Waals surface area contributed by atoms with Crippen molar-refractivity contribution in [3.8, 4) is 0 Å². The number of aromatic nitrogens is 2. The monoisotopic (exact) mass is 379 g/mol. The third kappa shape index (κ3) is 3.00. The summed E-state index contributed by atoms with van der Waals surface area (Å²) >= 11 is 0. The molecule has 2 aromatic rings. The van der Waals surface area contributed by atoms with E-state index in [1.165, 1.54) is 31.2 Å². The second-order valence-electron chi connectivity index (χ2n) is 8.79. The molecule has 0 saturated carbocycles. The Morgan fingerprint density at radius 1 is 1.18 bits per heavy atom. The minimum absolute atomic E-state index is 0.0315. The number of nitrogens with two attached hydrogens (primary N) is 1. The van der Waals surface area contributed by atoms with E-state index in [1.54, 1.807) is 0 Å². The molecular weight excluding hydrogens is 350 g/mol. The normalized spacial score (nSPS) is 30.1. The number of carbonyl (C=O) groups is 1. The summed E-state index contributed by atoms with van der Waals surface area (Å²) in [6.07, 6.45) is 5.00. The number of piperidine rings is 3. The van der Waals surface area contributed by atoms with Gasteiger partial charge in [-0.3, -0.25) is 9.69 Å². The van der Waals surface area contributed by atoms with Gasteiger partial charge in [0.1, 0.15) is 0 Å². The van der Waals surface area contributed by atoms with E-state index in [2.05, 4.69) is 45.2 Å². The molecule has 0 spiro atoms. The summed E-state index contributed by atoms with van der Waals surface area (Å²) < 4.78 is 0. The lowest BCUT2D eigenvalue weighted by molar-refractivity contribution is -0.0512. The van der Waals surface area contributed by atoms with Crippen LogP contribution in [0, 0.1) is 18.8 Å². The van der Waals surface area contributed by atoms with Gasteiger partial charge in [-0.15, -0.1) is 0 Å². The van der Waals surface area contributed by atoms with Crippen LogP contribution in [0.5, 0.6) is 0 Å². The number of H-pyrrole nitrogens is 1. The molecule has 6 heteroatoms. The summed E-state index contributed by atoms with van der Waals surface area (Å²) in [6, 6.07) is 12.1. The van der Waals surface area contributed by atoms with Gasteiger partial charge in [0.25, 0.3) is 5.91 Å². The molecule has 3 fully saturated rings. The van der Waals surface area contributed by atoms with Gasteiger partial charge in [0.2, 0.25) is 0 Å². The van der Waals surface area contributed by atoms with Crippen molar-refractivity contribution in [2.75, 3.05) is 25.4 Å². The number of hydrogen-bond acceptors (Lipinski definition) is 4. The molecule has 1 aromatic heterocycles. The molecule has 4 heterocycles. The van der Waals surface area contributed by atoms with Crippen molar-refractivity contribution in [3.63, 3.8) is 0 Å². The van der Waals surface area contributed by atoms with E-state index in [4.69, 9.17) is 5.73 Å². The predicted molar refractivity (Wildman–Crippen MR) is 109 cm³/mol. The van der Waals surface area contributed by atoms with Gasteiger partial charge in [-0.25, -0.2) is 4.98 Å². The molecule has 1 aromatic carbocycles. The van der Waals surface area contributed by atoms with Crippen molar-refractivity contribution in [1.29, 1.82) is 0 Å². The minimum atomic E-state index is 0.0315. The van der Waals surface area contributed by atoms with Crippen molar-refractivity contribution >= 4 is 11.9 Å². The minimum Gasteiger partial charge on any atom is -0.369 e. The summed E-state index contributed by atoms with van der Waals surface area (Å²) in [7, 11) is 0. The summed E-state index contributed by atoms with van der Waals surface area (Å²) in [5, 5.41) is 0. The van der Waals surface area contributed by atoms with Gasteiger partial charge in [0.15, 0.2) is 11.6 Å². The second kappa shape index (κ2) is 6.92. The SMILES string of the molecule is Cc1[nH]c(N)nc1C(=O)N1C[C@@H]2C[C@H](C1)[C@@H]1CCC[C@H](c3ccccc3)N1C2. The molecule has 3 N–H and O–H groups in total. The Labute approximate surface area is 166 Å². The lowest BCUT2D eigenvalue weighted by Crippen LogP contribution is -2.60. The molecule has 148 valence electrons. The average molecular weight is 380 g/mol. The number of likely N-dealkylation sites (tertiary alicyclic amines) is 1. The zero-order valence-electron chi connectivity index (χ0n) is 16.5. The summed E-state index contributed by atoms with van der Waals surface area (Å²) in [4.78, 5) is 25.1. The number of nitrogens with one attached hydrogen (secondary N) is 1. The highest BCUT2D eigenvalue weighted by Gasteiger charge is 2.46. The fourth-order valence-corrected chi connectivity index (χ4v) is 5.85. The van der Waals surface area contributed by atoms with Crippen molar-refractivity contribution < 1.29 is 4.79 Å². The largest absolute Gasteiger partial charge is 0.369 e. The van der Waals surface area contributed by atoms with Crippen LogP contribution in [0.3, 0.4) is 0 Å². The predicted octanol–water partition coefficient (Wildman–Crippen LogP) is 2.99. The van der Waals surface area contributed by atoms with E-state index >= 15 is 0 Å². The summed E-state index contributed by atoms with van der Waals surface area (Å²) in [5.41, 5.74) is 8.45. The Balaban J connectivity index is 1.36. The van der Waals surface area contributed by atoms with Crippen LogP contribution in [0.15, 0.2) is 30.3 Å². The number of amides is 1. The van der Waals surface area contributed by atoms with Gasteiger partial charge in [0.05, 0.1) is 0 Å². The summed E-state index contributed by atoms with van der Waals surface area (Å²) in [6.45, 7) is 4.62. The van der Waals surface area contributed by atoms with Crippen molar-refractivity contribution in [1.82, 2.24) is 19.8 Å². The average Bonchev–Trinajstić information content (AvgIpc) is 3.05. The Morgan fingerprint density at radius 3 is 2.75 bits per heavy atom. The molecule has 1 amide bonds. The number of aromatic amines is 1. The Kier molecular flexibility index (Phi) is 4.38. The van der Waals surface area contributed by atoms with Crippen LogP contribution in [0.4, 0.5) is 5.95 Å². The molecule has 3 aliphatic rings. The molecule has 3 saturated heterocycles. The zero-order chi connectivity index (χ0) is 19.3. The topological polar surface area (TPSA) is 78.2 Å². The van der Waals surface area contributed by atoms with Crippen molar-refractivity contribution in [2.24, 2.45) is 11.8 Å². The molecule has 3 aliphatic heterocycles. The maximum atomic E-state index is 13.1. The molecule has 0 unspecified atom stereocenters. The standard InChI is InChI=1S/C22H29N5O/c1-14-20(25-22(23)24-14)21(28)26-11-15-10-17(13-26)19-9-5-8-18(27(19)12-15)16-6-3-2-4-7-16/h2-4,6-7,15,17-19H,5,8-13H2,1H3,(H3,23,24,25)/t15-,17+,18+,19-/m0/s1. The Morgan fingerprint density at radius 2 is 2.00 bits per heavy atom. The maximum absolute atomic E-state index is 13.1. The van der Waals surface area contributed by atoms with Gasteiger partial charge in [-0.1, -0.05) is 30.3 Å². The first-order chi connectivity index (χ1) is 13.6. The molecule has 0 aliphatic carbocycles. The van der Waals surface area contributed by atoms with Gasteiger partial charge in [-0.05, 0) is 50.0 Å². The third-order valence-corrected chi connectivity index (χ3v) is 6.96. The summed E-state index contributed by atoms with van der Waals surface area (Å²) in [5.74, 6) is 1.45. The number of fused-ring (bicyclic) bond motifs is 4. The van der Waals surface area contributed by atoms with E-state index in [1.807, 2.05) is 11.8 Å². The van der Waals surface area contributed by atoms with Crippen LogP contribution in [-0.4, -0.2) is 51.4 Å². The number of carbonyl (C=O) groups excluding carboxylic acids is 1. The number of anilines is 1. The molecule has 6 nitrogen and oxygen atoms in total. The van der Waals surface area contributed by atoms with E-state index in [-0.39, 0.29) is 5.91 Å². The lowest BCUT2D eigenvalue weighted by Gasteiger charge is -2.55. The molecule has 4 atom stereocenters. The number of aryl methyl sites for hydroxylation is 1. The number of benzene rings is 1. The fourth-order valence-electron chi connectivity index (χ4n) is 5.85. The molecule has 5 rings (SSSR count). The number of hydrogen-bond donors (Lipinski definition) is 2. The van der Waals surface area contributed by atoms with Gasteiger partial charge >= 0.3 is 0 Å². The second-order valence-corrected chi connectivity index (χ2v) is 8.79. The first-order valence-corrected chi connectivity index (χ1v) is 10.5. The third-order valence-electron chi connectivity index (χ3n) is 6.96. The van der Waals surface area contributed by atoms with Crippen molar-refractivity contribution in [2.45, 2.75) is 44.7 Å². The first kappa shape index (κ1) is 17.7. The van der Waals surface area contributed by atoms with E-state index in [0.29, 0.717) is 35.6 Å². The van der Waals surface area contributed by atoms with Crippen LogP contribution >= 0.6 is 0 Å². The highest BCUT2D eigenvalue weighted by Crippen LogP contribution is 2.44. The highest BCUT2D eigenvalue weighted by molar-refractivity contribution is 5.94. The van der Waals surface area contributed by atoms with E-state index in [0.717, 1.165) is 25.3 Å². The van der Waals surface area contributed by atoms with Crippen molar-refractivity contribution in [3.05, 3.63) is 47.3 Å². The Bertz CT molecular complexity index is 863. The van der Waals surface area contributed by atoms with Gasteiger partial charge in [-0.2, -0.15) is 0 Å². The maximum Gasteiger partial charge on any atom is 0.274 e. The quantitative estimate of drug-likeness (QED) is 0.841. The van der Waals surface area contributed by atoms with Gasteiger partial charge in [0, 0.05) is 37.4 Å². The van der Waals surface area contributed by atoms with Gasteiger partial charge < -0.3 is 15.6 Å². The number of rotatable bonds is 2. The fraction of sp³-hybridized carbons (Fsp3) is 0.545. The van der Waals surface area contributed by atoms with E-state index in [9.17, 15) is 4.79 Å². The number of imidazole rings is 1. The van der Waals surface area contributed by atoms with Crippen LogP contribution < -0.4 is 5.73 Å². The molecular formula is C22H29N5O. The van der Waals surface area contributed by atoms with Crippen LogP contribution in [0.25, 0.3) is 0 Å². The van der Waals surface area contributed by atoms with E-state index < -0.39 is 0 Å². The van der Waals surface area contributed by atoms with Crippen LogP contribution in [-0.2, 0) is 0 Å². The molecule has 0 radical (unpaired) electrons. The highest BCUT2D eigenvalue weighted by atomic mass is 16.2. The zero-order valence-corrected chi connectivity index (χ0v) is 16.5. The Hall–Kier alpha value is -2.34. The molecule has 2 bridgehead atoms. The first-order valence-electron chi connectivity index (χ1n) is 10.5. The number of nitrogens with zero attached hydrogens (tertiary/aromatic N) is 3. The lowest BCUT2D eigenvalue weighted by atomic mass is 9.74. The van der Waals surface area contributed by atoms with Crippen LogP contribution in [0.1, 0.15) is 53.5 Å². The molecule has 28 heavy (non-hydrogen) atoms. The van der Waals surface area contributed by atoms with Crippen LogP contribution in [0.2, 0.25) is 0 Å². The smallest absolute Gasteiger partial charge is 0.274 e. The number of nitrogen functional groups attached to an aromatic ring is 1.